The maximum Gasteiger partial charge on any atom is 0.323 e. The summed E-state index contributed by atoms with van der Waals surface area (Å²) in [6, 6.07) is 11.4. The van der Waals surface area contributed by atoms with Crippen molar-refractivity contribution in [3.8, 4) is 0 Å². The Balaban J connectivity index is 1.44. The van der Waals surface area contributed by atoms with Crippen LogP contribution in [0.15, 0.2) is 48.7 Å². The SMILES string of the molecule is CN(Cc1cc2ccccc2n1C)C(=O)C=Cc1cnc2c(c1)CN(CC(=O)O)C(=O)N2. The van der Waals surface area contributed by atoms with E-state index in [0.717, 1.165) is 16.6 Å². The predicted molar refractivity (Wildman–Crippen MR) is 120 cm³/mol. The third-order valence-electron chi connectivity index (χ3n) is 5.43. The Morgan fingerprint density at radius 1 is 1.28 bits per heavy atom. The van der Waals surface area contributed by atoms with E-state index in [1.54, 1.807) is 30.3 Å². The molecule has 0 atom stereocenters. The predicted octanol–water partition coefficient (Wildman–Crippen LogP) is 2.68. The fraction of sp³-hybridized carbons (Fsp3) is 0.217. The summed E-state index contributed by atoms with van der Waals surface area (Å²) in [5.74, 6) is -0.853. The van der Waals surface area contributed by atoms with Crippen LogP contribution in [0, 0.1) is 0 Å². The second-order valence-electron chi connectivity index (χ2n) is 7.74. The molecule has 9 heteroatoms. The van der Waals surface area contributed by atoms with Crippen LogP contribution in [-0.2, 0) is 29.7 Å². The van der Waals surface area contributed by atoms with Gasteiger partial charge in [0.1, 0.15) is 12.4 Å². The first-order chi connectivity index (χ1) is 15.3. The molecule has 1 aliphatic heterocycles. The summed E-state index contributed by atoms with van der Waals surface area (Å²) in [6.45, 7) is 0.201. The van der Waals surface area contributed by atoms with Gasteiger partial charge in [0.15, 0.2) is 0 Å². The van der Waals surface area contributed by atoms with Crippen molar-refractivity contribution < 1.29 is 19.5 Å². The van der Waals surface area contributed by atoms with Gasteiger partial charge >= 0.3 is 12.0 Å². The molecule has 0 saturated heterocycles. The number of benzene rings is 1. The van der Waals surface area contributed by atoms with Gasteiger partial charge in [0.2, 0.25) is 5.91 Å². The summed E-state index contributed by atoms with van der Waals surface area (Å²) in [7, 11) is 3.73. The Morgan fingerprint density at radius 3 is 2.81 bits per heavy atom. The van der Waals surface area contributed by atoms with Gasteiger partial charge in [0.05, 0.1) is 13.1 Å². The third-order valence-corrected chi connectivity index (χ3v) is 5.43. The van der Waals surface area contributed by atoms with Gasteiger partial charge in [-0.1, -0.05) is 18.2 Å². The number of para-hydroxylation sites is 1. The van der Waals surface area contributed by atoms with Crippen LogP contribution in [0.1, 0.15) is 16.8 Å². The minimum Gasteiger partial charge on any atom is -0.480 e. The van der Waals surface area contributed by atoms with E-state index >= 15 is 0 Å². The number of rotatable bonds is 6. The van der Waals surface area contributed by atoms with Crippen LogP contribution in [0.5, 0.6) is 0 Å². The highest BCUT2D eigenvalue weighted by atomic mass is 16.4. The molecule has 0 aliphatic carbocycles. The lowest BCUT2D eigenvalue weighted by Crippen LogP contribution is -2.41. The summed E-state index contributed by atoms with van der Waals surface area (Å²) in [6.07, 6.45) is 4.69. The van der Waals surface area contributed by atoms with Gasteiger partial charge in [-0.2, -0.15) is 0 Å². The number of anilines is 1. The third kappa shape index (κ3) is 4.31. The average Bonchev–Trinajstić information content (AvgIpc) is 3.07. The summed E-state index contributed by atoms with van der Waals surface area (Å²) in [5.41, 5.74) is 3.51. The molecule has 0 unspecified atom stereocenters. The van der Waals surface area contributed by atoms with Crippen molar-refractivity contribution in [2.24, 2.45) is 7.05 Å². The zero-order valence-corrected chi connectivity index (χ0v) is 17.8. The molecule has 2 aromatic heterocycles. The van der Waals surface area contributed by atoms with Crippen LogP contribution in [0.2, 0.25) is 0 Å². The molecule has 4 rings (SSSR count). The summed E-state index contributed by atoms with van der Waals surface area (Å²) < 4.78 is 2.08. The number of carbonyl (C=O) groups is 3. The Bertz CT molecular complexity index is 1250. The van der Waals surface area contributed by atoms with Crippen molar-refractivity contribution in [2.75, 3.05) is 18.9 Å². The molecule has 0 radical (unpaired) electrons. The van der Waals surface area contributed by atoms with E-state index < -0.39 is 18.5 Å². The molecule has 0 fully saturated rings. The number of carbonyl (C=O) groups excluding carboxylic acids is 2. The molecular formula is C23H23N5O4. The van der Waals surface area contributed by atoms with Crippen LogP contribution in [0.3, 0.4) is 0 Å². The lowest BCUT2D eigenvalue weighted by molar-refractivity contribution is -0.137. The molecule has 164 valence electrons. The number of hydrogen-bond donors (Lipinski definition) is 2. The van der Waals surface area contributed by atoms with Gasteiger partial charge in [-0.05, 0) is 35.2 Å². The lowest BCUT2D eigenvalue weighted by Gasteiger charge is -2.27. The summed E-state index contributed by atoms with van der Waals surface area (Å²) >= 11 is 0. The van der Waals surface area contributed by atoms with Gasteiger partial charge in [-0.25, -0.2) is 9.78 Å². The van der Waals surface area contributed by atoms with Crippen molar-refractivity contribution in [3.05, 3.63) is 65.5 Å². The number of hydrogen-bond acceptors (Lipinski definition) is 4. The second-order valence-corrected chi connectivity index (χ2v) is 7.74. The second kappa shape index (κ2) is 8.54. The topological polar surface area (TPSA) is 108 Å². The van der Waals surface area contributed by atoms with E-state index in [-0.39, 0.29) is 12.5 Å². The number of aryl methyl sites for hydroxylation is 1. The van der Waals surface area contributed by atoms with Crippen LogP contribution in [-0.4, -0.2) is 56.0 Å². The molecule has 0 saturated carbocycles. The van der Waals surface area contributed by atoms with Gasteiger partial charge in [0, 0.05) is 43.1 Å². The fourth-order valence-electron chi connectivity index (χ4n) is 3.72. The normalized spacial score (nSPS) is 13.3. The van der Waals surface area contributed by atoms with Gasteiger partial charge in [-0.15, -0.1) is 0 Å². The van der Waals surface area contributed by atoms with Crippen LogP contribution in [0.25, 0.3) is 17.0 Å². The van der Waals surface area contributed by atoms with E-state index in [0.29, 0.717) is 23.5 Å². The zero-order chi connectivity index (χ0) is 22.8. The van der Waals surface area contributed by atoms with Crippen molar-refractivity contribution in [3.63, 3.8) is 0 Å². The van der Waals surface area contributed by atoms with Crippen LogP contribution in [0.4, 0.5) is 10.6 Å². The highest BCUT2D eigenvalue weighted by Gasteiger charge is 2.25. The zero-order valence-electron chi connectivity index (χ0n) is 17.8. The number of likely N-dealkylation sites (N-methyl/N-ethyl adjacent to an activating group) is 1. The monoisotopic (exact) mass is 433 g/mol. The number of nitrogens with zero attached hydrogens (tertiary/aromatic N) is 4. The summed E-state index contributed by atoms with van der Waals surface area (Å²) in [4.78, 5) is 42.6. The molecule has 0 bridgehead atoms. The van der Waals surface area contributed by atoms with E-state index in [1.807, 2.05) is 31.3 Å². The number of nitrogens with one attached hydrogen (secondary N) is 1. The number of amides is 3. The van der Waals surface area contributed by atoms with E-state index in [2.05, 4.69) is 20.9 Å². The van der Waals surface area contributed by atoms with Crippen molar-refractivity contribution >= 4 is 40.7 Å². The number of carboxylic acids is 1. The number of pyridine rings is 1. The molecular weight excluding hydrogens is 410 g/mol. The Morgan fingerprint density at radius 2 is 2.06 bits per heavy atom. The van der Waals surface area contributed by atoms with Gasteiger partial charge in [0.25, 0.3) is 0 Å². The number of aliphatic carboxylic acids is 1. The van der Waals surface area contributed by atoms with Crippen LogP contribution < -0.4 is 5.32 Å². The molecule has 2 N–H and O–H groups in total. The maximum absolute atomic E-state index is 12.6. The first kappa shape index (κ1) is 21.1. The minimum absolute atomic E-state index is 0.136. The smallest absolute Gasteiger partial charge is 0.323 e. The molecule has 1 aromatic carbocycles. The number of aromatic nitrogens is 2. The number of carboxylic acid groups (broad SMARTS) is 1. The fourth-order valence-corrected chi connectivity index (χ4v) is 3.72. The first-order valence-corrected chi connectivity index (χ1v) is 10.0. The summed E-state index contributed by atoms with van der Waals surface area (Å²) in [5, 5.41) is 12.7. The number of fused-ring (bicyclic) bond motifs is 2. The Labute approximate surface area is 184 Å². The molecule has 1 aliphatic rings. The minimum atomic E-state index is -1.09. The average molecular weight is 433 g/mol. The molecule has 3 aromatic rings. The lowest BCUT2D eigenvalue weighted by atomic mass is 10.1. The van der Waals surface area contributed by atoms with E-state index in [4.69, 9.17) is 5.11 Å². The first-order valence-electron chi connectivity index (χ1n) is 10.0. The Hall–Kier alpha value is -4.14. The van der Waals surface area contributed by atoms with E-state index in [1.165, 1.54) is 11.0 Å². The van der Waals surface area contributed by atoms with Gasteiger partial charge in [-0.3, -0.25) is 14.9 Å². The van der Waals surface area contributed by atoms with Crippen molar-refractivity contribution in [1.29, 1.82) is 0 Å². The standard InChI is InChI=1S/C23H23N5O4/c1-26(13-18-10-16-5-3-4-6-19(16)27(18)2)20(29)8-7-15-9-17-12-28(14-21(30)31)23(32)25-22(17)24-11-15/h3-11H,12-14H2,1-2H3,(H,30,31)(H,24,25,32). The highest BCUT2D eigenvalue weighted by molar-refractivity contribution is 5.94. The largest absolute Gasteiger partial charge is 0.480 e. The van der Waals surface area contributed by atoms with Crippen molar-refractivity contribution in [2.45, 2.75) is 13.1 Å². The maximum atomic E-state index is 12.6. The van der Waals surface area contributed by atoms with Gasteiger partial charge < -0.3 is 19.5 Å². The highest BCUT2D eigenvalue weighted by Crippen LogP contribution is 2.23. The quantitative estimate of drug-likeness (QED) is 0.581. The molecule has 0 spiro atoms. The van der Waals surface area contributed by atoms with Crippen LogP contribution >= 0.6 is 0 Å². The number of urea groups is 1. The molecule has 3 heterocycles. The Kier molecular flexibility index (Phi) is 5.63. The molecule has 32 heavy (non-hydrogen) atoms. The van der Waals surface area contributed by atoms with Crippen molar-refractivity contribution in [1.82, 2.24) is 19.4 Å². The van der Waals surface area contributed by atoms with E-state index in [9.17, 15) is 14.4 Å². The molecule has 9 nitrogen and oxygen atoms in total. The molecule has 3 amide bonds.